The number of halogens is 14. The number of fused-ring (bicyclic) bond motifs is 5. The zero-order valence-electron chi connectivity index (χ0n) is 18.7. The molecule has 0 spiro atoms. The van der Waals surface area contributed by atoms with Crippen LogP contribution in [0.25, 0.3) is 21.5 Å². The van der Waals surface area contributed by atoms with Crippen LogP contribution in [0.2, 0.25) is 0 Å². The molecule has 0 aliphatic heterocycles. The molecule has 210 valence electrons. The predicted octanol–water partition coefficient (Wildman–Crippen LogP) is 9.99. The first-order valence-electron chi connectivity index (χ1n) is 10.8. The van der Waals surface area contributed by atoms with Crippen LogP contribution in [-0.2, 0) is 12.8 Å². The van der Waals surface area contributed by atoms with Gasteiger partial charge in [-0.3, -0.25) is 0 Å². The van der Waals surface area contributed by atoms with Crippen LogP contribution in [-0.4, -0.2) is 33.8 Å². The Hall–Kier alpha value is -2.00. The van der Waals surface area contributed by atoms with Crippen LogP contribution < -0.4 is 0 Å². The summed E-state index contributed by atoms with van der Waals surface area (Å²) in [5.41, 5.74) is 3.17. The van der Waals surface area contributed by atoms with Gasteiger partial charge in [0.2, 0.25) is 0 Å². The Balaban J connectivity index is 0.000000211. The summed E-state index contributed by atoms with van der Waals surface area (Å²) in [4.78, 5) is 0. The van der Waals surface area contributed by atoms with Gasteiger partial charge in [-0.25, -0.2) is 0 Å². The van der Waals surface area contributed by atoms with E-state index >= 15 is 0 Å². The molecule has 0 aromatic heterocycles. The molecule has 3 aromatic carbocycles. The number of hydrogen-bond acceptors (Lipinski definition) is 0. The highest BCUT2D eigenvalue weighted by Gasteiger charge is 2.90. The lowest BCUT2D eigenvalue weighted by Crippen LogP contribution is -2.69. The Labute approximate surface area is 220 Å². The van der Waals surface area contributed by atoms with Gasteiger partial charge in [0.25, 0.3) is 0 Å². The molecule has 0 N–H and O–H groups in total. The molecule has 0 bridgehead atoms. The van der Waals surface area contributed by atoms with Crippen molar-refractivity contribution in [3.8, 4) is 0 Å². The number of rotatable bonds is 4. The Morgan fingerprint density at radius 3 is 1.61 bits per heavy atom. The van der Waals surface area contributed by atoms with Gasteiger partial charge in [0.1, 0.15) is 0 Å². The van der Waals surface area contributed by atoms with Gasteiger partial charge in [-0.15, -0.1) is 0 Å². The van der Waals surface area contributed by atoms with E-state index in [4.69, 9.17) is 0 Å². The maximum absolute atomic E-state index is 12.5. The van der Waals surface area contributed by atoms with Crippen LogP contribution in [0.1, 0.15) is 24.0 Å². The minimum absolute atomic E-state index is 0.789. The lowest BCUT2D eigenvalue weighted by molar-refractivity contribution is -0.431. The second-order valence-corrected chi connectivity index (χ2v) is 9.94. The van der Waals surface area contributed by atoms with Crippen molar-refractivity contribution < 1.29 is 57.1 Å². The fourth-order valence-electron chi connectivity index (χ4n) is 4.09. The zero-order chi connectivity index (χ0) is 28.9. The van der Waals surface area contributed by atoms with Crippen molar-refractivity contribution in [3.05, 3.63) is 59.7 Å². The molecule has 1 aliphatic carbocycles. The summed E-state index contributed by atoms with van der Waals surface area (Å²) < 4.78 is 152. The third-order valence-electron chi connectivity index (χ3n) is 6.15. The van der Waals surface area contributed by atoms with Crippen molar-refractivity contribution in [2.75, 3.05) is 0 Å². The van der Waals surface area contributed by atoms with E-state index in [2.05, 4.69) is 48.5 Å². The molecule has 0 unspecified atom stereocenters. The summed E-state index contributed by atoms with van der Waals surface area (Å²) in [5, 5.41) is 5.64. The van der Waals surface area contributed by atoms with Gasteiger partial charge in [-0.05, 0) is 58.4 Å². The van der Waals surface area contributed by atoms with Gasteiger partial charge < -0.3 is 0 Å². The lowest BCUT2D eigenvalue weighted by atomic mass is 9.86. The molecular weight excluding hydrogens is 662 g/mol. The van der Waals surface area contributed by atoms with E-state index in [9.17, 15) is 57.1 Å². The molecule has 0 saturated carbocycles. The van der Waals surface area contributed by atoms with Crippen LogP contribution in [0.5, 0.6) is 0 Å². The first-order chi connectivity index (χ1) is 17.2. The van der Waals surface area contributed by atoms with E-state index in [1.54, 1.807) is 11.1 Å². The summed E-state index contributed by atoms with van der Waals surface area (Å²) >= 11 is -0.789. The van der Waals surface area contributed by atoms with E-state index in [1.807, 2.05) is 0 Å². The van der Waals surface area contributed by atoms with E-state index in [1.165, 1.54) is 47.2 Å². The highest BCUT2D eigenvalue weighted by molar-refractivity contribution is 14.1. The van der Waals surface area contributed by atoms with E-state index in [0.717, 1.165) is 0 Å². The zero-order valence-corrected chi connectivity index (χ0v) is 20.9. The molecule has 4 rings (SSSR count). The maximum Gasteiger partial charge on any atom is 0.460 e. The minimum atomic E-state index is -7.81. The van der Waals surface area contributed by atoms with Gasteiger partial charge in [-0.1, -0.05) is 48.5 Å². The first kappa shape index (κ1) is 30.5. The van der Waals surface area contributed by atoms with Gasteiger partial charge in [-0.2, -0.15) is 57.1 Å². The molecule has 0 fully saturated rings. The van der Waals surface area contributed by atoms with Crippen LogP contribution in [0.3, 0.4) is 0 Å². The standard InChI is InChI=1S/C18H16.C6F13I/c1-3-7-15-13(5-1)9-11-18-16-8-4-2-6-14(16)10-12-17(15)18;7-1(8,3(11,12)5(15,16)17)2(9,10)4(13,14)6(18,19)20/h1,3,5,7,9-12H,2,4,6,8H2;. The molecule has 14 heteroatoms. The van der Waals surface area contributed by atoms with Crippen molar-refractivity contribution in [1.82, 2.24) is 0 Å². The largest absolute Gasteiger partial charge is 0.460 e. The molecule has 1 aliphatic rings. The quantitative estimate of drug-likeness (QED) is 0.112. The van der Waals surface area contributed by atoms with E-state index < -0.39 is 56.4 Å². The molecule has 0 atom stereocenters. The summed E-state index contributed by atoms with van der Waals surface area (Å²) in [7, 11) is 0. The first-order valence-corrected chi connectivity index (χ1v) is 11.8. The Kier molecular flexibility index (Phi) is 7.94. The molecule has 0 amide bonds. The van der Waals surface area contributed by atoms with Crippen molar-refractivity contribution >= 4 is 44.1 Å². The normalized spacial score (nSPS) is 15.7. The third-order valence-corrected chi connectivity index (χ3v) is 6.83. The summed E-state index contributed by atoms with van der Waals surface area (Å²) in [6.45, 7) is 0. The summed E-state index contributed by atoms with van der Waals surface area (Å²) in [6.07, 6.45) is -2.15. The number of aryl methyl sites for hydroxylation is 2. The topological polar surface area (TPSA) is 0 Å². The van der Waals surface area contributed by atoms with Crippen molar-refractivity contribution in [2.24, 2.45) is 0 Å². The molecule has 0 saturated heterocycles. The minimum Gasteiger partial charge on any atom is -0.192 e. The molecule has 0 radical (unpaired) electrons. The average Bonchev–Trinajstić information content (AvgIpc) is 2.82. The molecular formula is C24H16F13I. The highest BCUT2D eigenvalue weighted by Crippen LogP contribution is 2.61. The number of alkyl halides is 14. The summed E-state index contributed by atoms with van der Waals surface area (Å²) in [5.74, 6) is -30.3. The predicted molar refractivity (Wildman–Crippen MR) is 123 cm³/mol. The Morgan fingerprint density at radius 1 is 0.500 bits per heavy atom. The van der Waals surface area contributed by atoms with Crippen LogP contribution in [0, 0.1) is 0 Å². The molecule has 0 nitrogen and oxygen atoms in total. The fourth-order valence-corrected chi connectivity index (χ4v) is 4.43. The SMILES string of the molecule is FC(F)(F)C(F)(F)C(F)(F)C(F)(F)C(F)(F)C(F)(F)I.c1ccc2c(c1)ccc1c3c(ccc12)CCCC3. The molecule has 38 heavy (non-hydrogen) atoms. The molecule has 3 aromatic rings. The van der Waals surface area contributed by atoms with Crippen molar-refractivity contribution in [3.63, 3.8) is 0 Å². The maximum atomic E-state index is 12.5. The smallest absolute Gasteiger partial charge is 0.192 e. The Morgan fingerprint density at radius 2 is 1.03 bits per heavy atom. The van der Waals surface area contributed by atoms with Crippen LogP contribution in [0.4, 0.5) is 57.1 Å². The summed E-state index contributed by atoms with van der Waals surface area (Å²) in [6, 6.07) is 18.0. The highest BCUT2D eigenvalue weighted by atomic mass is 127. The van der Waals surface area contributed by atoms with E-state index in [-0.39, 0.29) is 0 Å². The lowest BCUT2D eigenvalue weighted by Gasteiger charge is -2.38. The van der Waals surface area contributed by atoms with Crippen molar-refractivity contribution in [1.29, 1.82) is 0 Å². The van der Waals surface area contributed by atoms with Gasteiger partial charge in [0.05, 0.1) is 0 Å². The monoisotopic (exact) mass is 678 g/mol. The number of benzene rings is 3. The average molecular weight is 678 g/mol. The van der Waals surface area contributed by atoms with E-state index in [0.29, 0.717) is 0 Å². The molecule has 0 heterocycles. The second-order valence-electron chi connectivity index (χ2n) is 8.59. The second kappa shape index (κ2) is 9.88. The number of hydrogen-bond donors (Lipinski definition) is 0. The van der Waals surface area contributed by atoms with Crippen LogP contribution >= 0.6 is 22.6 Å². The van der Waals surface area contributed by atoms with Crippen LogP contribution in [0.15, 0.2) is 48.5 Å². The fraction of sp³-hybridized carbons (Fsp3) is 0.417. The third kappa shape index (κ3) is 4.89. The van der Waals surface area contributed by atoms with Gasteiger partial charge in [0.15, 0.2) is 0 Å². The Bertz CT molecular complexity index is 1270. The van der Waals surface area contributed by atoms with Crippen molar-refractivity contribution in [2.45, 2.75) is 59.5 Å². The van der Waals surface area contributed by atoms with Gasteiger partial charge in [0, 0.05) is 22.6 Å². The van der Waals surface area contributed by atoms with Gasteiger partial charge >= 0.3 is 33.8 Å².